The van der Waals surface area contributed by atoms with E-state index in [1.807, 2.05) is 48.5 Å². The number of carbonyl (C=O) groups excluding carboxylic acids is 1. The Kier molecular flexibility index (Phi) is 5.03. The summed E-state index contributed by atoms with van der Waals surface area (Å²) in [6, 6.07) is 15.1. The number of amides is 1. The van der Waals surface area contributed by atoms with E-state index in [0.717, 1.165) is 11.3 Å². The first-order valence-electron chi connectivity index (χ1n) is 7.61. The van der Waals surface area contributed by atoms with Crippen LogP contribution in [0, 0.1) is 0 Å². The number of hydrogen-bond acceptors (Lipinski definition) is 3. The third kappa shape index (κ3) is 4.17. The minimum Gasteiger partial charge on any atom is -0.486 e. The number of hydrogen-bond donors (Lipinski definition) is 1. The summed E-state index contributed by atoms with van der Waals surface area (Å²) in [5, 5.41) is 3.58. The molecule has 0 bridgehead atoms. The smallest absolute Gasteiger partial charge is 0.220 e. The first-order valence-corrected chi connectivity index (χ1v) is 7.99. The van der Waals surface area contributed by atoms with Crippen molar-refractivity contribution in [1.82, 2.24) is 5.32 Å². The number of para-hydroxylation sites is 2. The van der Waals surface area contributed by atoms with Crippen LogP contribution in [0.1, 0.15) is 12.0 Å². The summed E-state index contributed by atoms with van der Waals surface area (Å²) in [5.74, 6) is 1.44. The Hall–Kier alpha value is -2.20. The van der Waals surface area contributed by atoms with Gasteiger partial charge < -0.3 is 14.8 Å². The predicted molar refractivity (Wildman–Crippen MR) is 89.1 cm³/mol. The molecule has 1 N–H and O–H groups in total. The van der Waals surface area contributed by atoms with Gasteiger partial charge in [0.25, 0.3) is 0 Å². The van der Waals surface area contributed by atoms with Crippen LogP contribution >= 0.6 is 11.6 Å². The lowest BCUT2D eigenvalue weighted by Gasteiger charge is -2.26. The van der Waals surface area contributed by atoms with Gasteiger partial charge in [-0.3, -0.25) is 4.79 Å². The maximum atomic E-state index is 12.0. The van der Waals surface area contributed by atoms with E-state index in [-0.39, 0.29) is 12.0 Å². The summed E-state index contributed by atoms with van der Waals surface area (Å²) in [4.78, 5) is 12.0. The van der Waals surface area contributed by atoms with Crippen LogP contribution < -0.4 is 14.8 Å². The molecule has 1 aliphatic rings. The van der Waals surface area contributed by atoms with Gasteiger partial charge in [-0.25, -0.2) is 0 Å². The number of halogens is 1. The Morgan fingerprint density at radius 2 is 1.87 bits per heavy atom. The van der Waals surface area contributed by atoms with Crippen molar-refractivity contribution in [2.24, 2.45) is 0 Å². The third-order valence-electron chi connectivity index (χ3n) is 3.67. The van der Waals surface area contributed by atoms with Crippen LogP contribution in [-0.2, 0) is 11.2 Å². The Labute approximate surface area is 140 Å². The maximum Gasteiger partial charge on any atom is 0.220 e. The molecule has 0 saturated carbocycles. The van der Waals surface area contributed by atoms with Gasteiger partial charge in [0, 0.05) is 11.4 Å². The second kappa shape index (κ2) is 7.38. The number of ether oxygens (including phenoxy) is 2. The lowest BCUT2D eigenvalue weighted by molar-refractivity contribution is -0.121. The van der Waals surface area contributed by atoms with E-state index < -0.39 is 0 Å². The first kappa shape index (κ1) is 15.7. The third-order valence-corrected chi connectivity index (χ3v) is 4.04. The molecule has 0 radical (unpaired) electrons. The van der Waals surface area contributed by atoms with Gasteiger partial charge in [-0.2, -0.15) is 0 Å². The lowest BCUT2D eigenvalue weighted by Crippen LogP contribution is -2.40. The van der Waals surface area contributed by atoms with E-state index in [2.05, 4.69) is 5.32 Å². The number of fused-ring (bicyclic) bond motifs is 1. The van der Waals surface area contributed by atoms with Crippen molar-refractivity contribution in [2.45, 2.75) is 18.9 Å². The van der Waals surface area contributed by atoms with E-state index in [1.54, 1.807) is 0 Å². The minimum atomic E-state index is -0.172. The predicted octanol–water partition coefficient (Wildman–Crippen LogP) is 3.23. The highest BCUT2D eigenvalue weighted by atomic mass is 35.5. The highest BCUT2D eigenvalue weighted by Crippen LogP contribution is 2.30. The van der Waals surface area contributed by atoms with Gasteiger partial charge in [0.15, 0.2) is 11.5 Å². The van der Waals surface area contributed by atoms with Crippen molar-refractivity contribution >= 4 is 17.5 Å². The minimum absolute atomic E-state index is 0.0209. The normalized spacial score (nSPS) is 16.0. The Morgan fingerprint density at radius 1 is 1.13 bits per heavy atom. The van der Waals surface area contributed by atoms with Gasteiger partial charge in [0.1, 0.15) is 12.7 Å². The van der Waals surface area contributed by atoms with Crippen LogP contribution in [0.5, 0.6) is 11.5 Å². The summed E-state index contributed by atoms with van der Waals surface area (Å²) in [7, 11) is 0. The Bertz CT molecular complexity index is 689. The molecular formula is C18H18ClNO3. The first-order chi connectivity index (χ1) is 11.2. The number of aryl methyl sites for hydroxylation is 1. The number of carbonyl (C=O) groups is 1. The fourth-order valence-electron chi connectivity index (χ4n) is 2.43. The molecule has 120 valence electrons. The van der Waals surface area contributed by atoms with Crippen molar-refractivity contribution < 1.29 is 14.3 Å². The fraction of sp³-hybridized carbons (Fsp3) is 0.278. The van der Waals surface area contributed by atoms with E-state index in [1.165, 1.54) is 0 Å². The molecule has 0 aliphatic carbocycles. The molecular weight excluding hydrogens is 314 g/mol. The summed E-state index contributed by atoms with van der Waals surface area (Å²) in [6.45, 7) is 0.859. The number of rotatable bonds is 5. The monoisotopic (exact) mass is 331 g/mol. The van der Waals surface area contributed by atoms with E-state index in [0.29, 0.717) is 36.8 Å². The molecule has 1 aliphatic heterocycles. The van der Waals surface area contributed by atoms with Crippen LogP contribution in [0.3, 0.4) is 0 Å². The van der Waals surface area contributed by atoms with Gasteiger partial charge in [-0.05, 0) is 30.2 Å². The van der Waals surface area contributed by atoms with Gasteiger partial charge in [0.05, 0.1) is 6.54 Å². The quantitative estimate of drug-likeness (QED) is 0.915. The standard InChI is InChI=1S/C18H18ClNO3/c19-15-6-2-1-5-13(15)9-10-18(21)20-11-14-12-22-16-7-3-4-8-17(16)23-14/h1-8,14H,9-12H2,(H,20,21)/t14-/m1/s1. The summed E-state index contributed by atoms with van der Waals surface area (Å²) >= 11 is 6.09. The van der Waals surface area contributed by atoms with Gasteiger partial charge >= 0.3 is 0 Å². The second-order valence-corrected chi connectivity index (χ2v) is 5.80. The van der Waals surface area contributed by atoms with Crippen LogP contribution in [0.4, 0.5) is 0 Å². The summed E-state index contributed by atoms with van der Waals surface area (Å²) in [5.41, 5.74) is 0.982. The lowest BCUT2D eigenvalue weighted by atomic mass is 10.1. The number of benzene rings is 2. The molecule has 0 saturated heterocycles. The van der Waals surface area contributed by atoms with Crippen molar-refractivity contribution in [3.05, 3.63) is 59.1 Å². The zero-order valence-corrected chi connectivity index (χ0v) is 13.4. The molecule has 23 heavy (non-hydrogen) atoms. The van der Waals surface area contributed by atoms with Crippen molar-refractivity contribution in [3.63, 3.8) is 0 Å². The molecule has 0 spiro atoms. The molecule has 2 aromatic rings. The van der Waals surface area contributed by atoms with Crippen LogP contribution in [0.2, 0.25) is 5.02 Å². The zero-order chi connectivity index (χ0) is 16.1. The molecule has 4 nitrogen and oxygen atoms in total. The van der Waals surface area contributed by atoms with Crippen LogP contribution in [0.25, 0.3) is 0 Å². The Balaban J connectivity index is 1.44. The van der Waals surface area contributed by atoms with Gasteiger partial charge in [0.2, 0.25) is 5.91 Å². The molecule has 0 aromatic heterocycles. The van der Waals surface area contributed by atoms with Gasteiger partial charge in [-0.15, -0.1) is 0 Å². The SMILES string of the molecule is O=C(CCc1ccccc1Cl)NC[C@@H]1COc2ccccc2O1. The van der Waals surface area contributed by atoms with Crippen LogP contribution in [-0.4, -0.2) is 25.2 Å². The van der Waals surface area contributed by atoms with Crippen molar-refractivity contribution in [2.75, 3.05) is 13.2 Å². The molecule has 0 unspecified atom stereocenters. The maximum absolute atomic E-state index is 12.0. The van der Waals surface area contributed by atoms with E-state index >= 15 is 0 Å². The summed E-state index contributed by atoms with van der Waals surface area (Å²) in [6.07, 6.45) is 0.846. The average molecular weight is 332 g/mol. The largest absolute Gasteiger partial charge is 0.486 e. The number of nitrogens with one attached hydrogen (secondary N) is 1. The molecule has 3 rings (SSSR count). The van der Waals surface area contributed by atoms with E-state index in [4.69, 9.17) is 21.1 Å². The highest BCUT2D eigenvalue weighted by molar-refractivity contribution is 6.31. The van der Waals surface area contributed by atoms with Crippen LogP contribution in [0.15, 0.2) is 48.5 Å². The molecule has 2 aromatic carbocycles. The summed E-state index contributed by atoms with van der Waals surface area (Å²) < 4.78 is 11.4. The van der Waals surface area contributed by atoms with Crippen molar-refractivity contribution in [3.8, 4) is 11.5 Å². The van der Waals surface area contributed by atoms with Gasteiger partial charge in [-0.1, -0.05) is 41.9 Å². The molecule has 0 fully saturated rings. The highest BCUT2D eigenvalue weighted by Gasteiger charge is 2.20. The molecule has 1 heterocycles. The second-order valence-electron chi connectivity index (χ2n) is 5.39. The molecule has 5 heteroatoms. The Morgan fingerprint density at radius 3 is 2.70 bits per heavy atom. The fourth-order valence-corrected chi connectivity index (χ4v) is 2.66. The topological polar surface area (TPSA) is 47.6 Å². The van der Waals surface area contributed by atoms with Crippen molar-refractivity contribution in [1.29, 1.82) is 0 Å². The average Bonchev–Trinajstić information content (AvgIpc) is 2.59. The van der Waals surface area contributed by atoms with E-state index in [9.17, 15) is 4.79 Å². The zero-order valence-electron chi connectivity index (χ0n) is 12.6. The molecule has 1 amide bonds. The molecule has 1 atom stereocenters.